The zero-order valence-electron chi connectivity index (χ0n) is 9.97. The number of unbranched alkanes of at least 4 members (excludes halogenated alkanes) is 4. The van der Waals surface area contributed by atoms with Crippen molar-refractivity contribution in [2.45, 2.75) is 32.1 Å². The predicted octanol–water partition coefficient (Wildman–Crippen LogP) is 0.327. The number of aliphatic imine (C=N–C) groups is 2. The van der Waals surface area contributed by atoms with Gasteiger partial charge in [-0.05, 0) is 12.8 Å². The lowest BCUT2D eigenvalue weighted by molar-refractivity contribution is 0.623. The van der Waals surface area contributed by atoms with E-state index in [0.29, 0.717) is 0 Å². The Morgan fingerprint density at radius 2 is 0.882 bits per heavy atom. The van der Waals surface area contributed by atoms with Crippen LogP contribution in [0.15, 0.2) is 9.98 Å². The molecule has 8 heteroatoms. The van der Waals surface area contributed by atoms with Gasteiger partial charge < -0.3 is 22.9 Å². The maximum Gasteiger partial charge on any atom is 0.185 e. The van der Waals surface area contributed by atoms with Crippen LogP contribution in [0, 0.1) is 0 Å². The van der Waals surface area contributed by atoms with E-state index in [2.05, 4.69) is 9.98 Å². The summed E-state index contributed by atoms with van der Waals surface area (Å²) in [5, 5.41) is 0. The van der Waals surface area contributed by atoms with Crippen LogP contribution in [0.4, 0.5) is 0 Å². The molecule has 0 aromatic heterocycles. The van der Waals surface area contributed by atoms with E-state index in [0.717, 1.165) is 38.8 Å². The van der Waals surface area contributed by atoms with Crippen LogP contribution < -0.4 is 22.9 Å². The van der Waals surface area contributed by atoms with Crippen molar-refractivity contribution in [1.29, 1.82) is 0 Å². The third kappa shape index (κ3) is 21.0. The zero-order valence-corrected chi connectivity index (χ0v) is 11.6. The summed E-state index contributed by atoms with van der Waals surface area (Å²) in [7, 11) is 0. The molecular formula is C9H24Cl2N6. The van der Waals surface area contributed by atoms with Crippen molar-refractivity contribution in [2.24, 2.45) is 32.9 Å². The van der Waals surface area contributed by atoms with Crippen molar-refractivity contribution in [3.05, 3.63) is 0 Å². The second-order valence-electron chi connectivity index (χ2n) is 3.38. The van der Waals surface area contributed by atoms with Crippen LogP contribution in [0.1, 0.15) is 32.1 Å². The van der Waals surface area contributed by atoms with Gasteiger partial charge in [-0.2, -0.15) is 0 Å². The van der Waals surface area contributed by atoms with Crippen LogP contribution in [0.2, 0.25) is 0 Å². The van der Waals surface area contributed by atoms with Gasteiger partial charge >= 0.3 is 0 Å². The first-order valence-corrected chi connectivity index (χ1v) is 5.23. The first-order valence-electron chi connectivity index (χ1n) is 5.23. The minimum Gasteiger partial charge on any atom is -0.370 e. The van der Waals surface area contributed by atoms with Gasteiger partial charge in [-0.3, -0.25) is 9.98 Å². The summed E-state index contributed by atoms with van der Waals surface area (Å²) >= 11 is 0. The second-order valence-corrected chi connectivity index (χ2v) is 3.38. The Morgan fingerprint density at radius 1 is 0.588 bits per heavy atom. The standard InChI is InChI=1S/C9H22N6.2ClH/c10-8(11)14-6-4-2-1-3-5-7-15-9(12)13;;/h1-7H2,(H4,10,11,14)(H4,12,13,15);2*1H. The van der Waals surface area contributed by atoms with Crippen molar-refractivity contribution in [2.75, 3.05) is 13.1 Å². The first kappa shape index (κ1) is 21.4. The maximum absolute atomic E-state index is 5.19. The van der Waals surface area contributed by atoms with Gasteiger partial charge in [0.15, 0.2) is 11.9 Å². The van der Waals surface area contributed by atoms with E-state index in [4.69, 9.17) is 22.9 Å². The van der Waals surface area contributed by atoms with Crippen LogP contribution >= 0.6 is 24.8 Å². The summed E-state index contributed by atoms with van der Waals surface area (Å²) in [6.45, 7) is 1.44. The van der Waals surface area contributed by atoms with Crippen LogP contribution in [0.3, 0.4) is 0 Å². The van der Waals surface area contributed by atoms with Crippen molar-refractivity contribution < 1.29 is 0 Å². The molecular weight excluding hydrogens is 263 g/mol. The molecule has 0 rings (SSSR count). The minimum atomic E-state index is 0. The third-order valence-electron chi connectivity index (χ3n) is 1.90. The molecule has 0 aromatic carbocycles. The van der Waals surface area contributed by atoms with Gasteiger partial charge in [0.2, 0.25) is 0 Å². The fourth-order valence-electron chi connectivity index (χ4n) is 1.17. The number of hydrogen-bond donors (Lipinski definition) is 4. The highest BCUT2D eigenvalue weighted by molar-refractivity contribution is 5.85. The molecule has 17 heavy (non-hydrogen) atoms. The Kier molecular flexibility index (Phi) is 19.0. The smallest absolute Gasteiger partial charge is 0.185 e. The van der Waals surface area contributed by atoms with Crippen LogP contribution in [0.25, 0.3) is 0 Å². The molecule has 0 heterocycles. The molecule has 0 radical (unpaired) electrons. The molecule has 104 valence electrons. The third-order valence-corrected chi connectivity index (χ3v) is 1.90. The number of nitrogens with zero attached hydrogens (tertiary/aromatic N) is 2. The van der Waals surface area contributed by atoms with Gasteiger partial charge in [-0.25, -0.2) is 0 Å². The van der Waals surface area contributed by atoms with E-state index in [9.17, 15) is 0 Å². The molecule has 0 aromatic rings. The van der Waals surface area contributed by atoms with Gasteiger partial charge in [0.1, 0.15) is 0 Å². The van der Waals surface area contributed by atoms with E-state index < -0.39 is 0 Å². The monoisotopic (exact) mass is 286 g/mol. The van der Waals surface area contributed by atoms with Crippen LogP contribution in [-0.2, 0) is 0 Å². The molecule has 0 spiro atoms. The number of halogens is 2. The average Bonchev–Trinajstić information content (AvgIpc) is 2.14. The summed E-state index contributed by atoms with van der Waals surface area (Å²) in [5.74, 6) is 0.338. The molecule has 0 aliphatic carbocycles. The summed E-state index contributed by atoms with van der Waals surface area (Å²) in [6, 6.07) is 0. The summed E-state index contributed by atoms with van der Waals surface area (Å²) in [6.07, 6.45) is 5.50. The lowest BCUT2D eigenvalue weighted by Crippen LogP contribution is -2.23. The van der Waals surface area contributed by atoms with Gasteiger partial charge in [0.25, 0.3) is 0 Å². The van der Waals surface area contributed by atoms with Crippen molar-refractivity contribution >= 4 is 36.7 Å². The van der Waals surface area contributed by atoms with E-state index >= 15 is 0 Å². The molecule has 0 saturated heterocycles. The summed E-state index contributed by atoms with van der Waals surface area (Å²) < 4.78 is 0. The maximum atomic E-state index is 5.19. The summed E-state index contributed by atoms with van der Waals surface area (Å²) in [5.41, 5.74) is 20.8. The number of rotatable bonds is 8. The highest BCUT2D eigenvalue weighted by atomic mass is 35.5. The van der Waals surface area contributed by atoms with E-state index in [-0.39, 0.29) is 36.7 Å². The Hall–Kier alpha value is -0.880. The van der Waals surface area contributed by atoms with Crippen molar-refractivity contribution in [3.8, 4) is 0 Å². The topological polar surface area (TPSA) is 129 Å². The van der Waals surface area contributed by atoms with Gasteiger partial charge in [0, 0.05) is 13.1 Å². The lowest BCUT2D eigenvalue weighted by Gasteiger charge is -1.98. The number of nitrogens with two attached hydrogens (primary N) is 4. The zero-order chi connectivity index (χ0) is 11.5. The molecule has 0 saturated carbocycles. The fourth-order valence-corrected chi connectivity index (χ4v) is 1.17. The molecule has 0 aliphatic heterocycles. The van der Waals surface area contributed by atoms with Crippen LogP contribution in [-0.4, -0.2) is 25.0 Å². The molecule has 8 N–H and O–H groups in total. The molecule has 6 nitrogen and oxygen atoms in total. The SMILES string of the molecule is Cl.Cl.NC(N)=NCCCCCCCN=C(N)N. The molecule has 0 amide bonds. The highest BCUT2D eigenvalue weighted by Crippen LogP contribution is 2.03. The minimum absolute atomic E-state index is 0. The Labute approximate surface area is 115 Å². The van der Waals surface area contributed by atoms with Gasteiger partial charge in [-0.15, -0.1) is 24.8 Å². The van der Waals surface area contributed by atoms with Gasteiger partial charge in [0.05, 0.1) is 0 Å². The first-order chi connectivity index (χ1) is 7.13. The Morgan fingerprint density at radius 3 is 1.18 bits per heavy atom. The lowest BCUT2D eigenvalue weighted by atomic mass is 10.1. The quantitative estimate of drug-likeness (QED) is 0.291. The van der Waals surface area contributed by atoms with Gasteiger partial charge in [-0.1, -0.05) is 19.3 Å². The molecule has 0 aliphatic rings. The van der Waals surface area contributed by atoms with E-state index in [1.165, 1.54) is 6.42 Å². The Balaban J connectivity index is -0.000000980. The largest absolute Gasteiger partial charge is 0.370 e. The molecule has 0 fully saturated rings. The van der Waals surface area contributed by atoms with E-state index in [1.807, 2.05) is 0 Å². The molecule has 0 bridgehead atoms. The van der Waals surface area contributed by atoms with Crippen molar-refractivity contribution in [3.63, 3.8) is 0 Å². The number of hydrogen-bond acceptors (Lipinski definition) is 2. The molecule has 0 atom stereocenters. The van der Waals surface area contributed by atoms with E-state index in [1.54, 1.807) is 0 Å². The molecule has 0 unspecified atom stereocenters. The summed E-state index contributed by atoms with van der Waals surface area (Å²) in [4.78, 5) is 7.80. The predicted molar refractivity (Wildman–Crippen MR) is 78.9 cm³/mol. The fraction of sp³-hybridized carbons (Fsp3) is 0.778. The second kappa shape index (κ2) is 15.1. The Bertz CT molecular complexity index is 190. The average molecular weight is 287 g/mol. The van der Waals surface area contributed by atoms with Crippen LogP contribution in [0.5, 0.6) is 0 Å². The number of guanidine groups is 2. The van der Waals surface area contributed by atoms with Crippen molar-refractivity contribution in [1.82, 2.24) is 0 Å². The highest BCUT2D eigenvalue weighted by Gasteiger charge is 1.90. The normalized spacial score (nSPS) is 8.47.